The number of methoxy groups -OCH3 is 1. The molecule has 1 heterocycles. The first-order valence-corrected chi connectivity index (χ1v) is 14.0. The zero-order valence-corrected chi connectivity index (χ0v) is 22.9. The number of hydrogen-bond acceptors (Lipinski definition) is 7. The van der Waals surface area contributed by atoms with Gasteiger partial charge in [0.1, 0.15) is 28.0 Å². The Balaban J connectivity index is 1.85. The number of benzene rings is 2. The van der Waals surface area contributed by atoms with Crippen LogP contribution in [0.5, 0.6) is 5.75 Å². The van der Waals surface area contributed by atoms with E-state index in [9.17, 15) is 22.4 Å². The van der Waals surface area contributed by atoms with E-state index in [0.717, 1.165) is 22.4 Å². The maximum atomic E-state index is 14.0. The summed E-state index contributed by atoms with van der Waals surface area (Å²) in [6.45, 7) is 2.12. The minimum Gasteiger partial charge on any atom is -0.496 e. The molecule has 37 heavy (non-hydrogen) atoms. The number of ether oxygens (including phenoxy) is 1. The first-order chi connectivity index (χ1) is 17.5. The number of hydrogen-bond donors (Lipinski definition) is 0. The fraction of sp³-hybridized carbons (Fsp3) is 0.346. The molecule has 0 unspecified atom stereocenters. The predicted octanol–water partition coefficient (Wildman–Crippen LogP) is 3.95. The molecule has 0 aliphatic carbocycles. The van der Waals surface area contributed by atoms with Crippen LogP contribution in [0.15, 0.2) is 48.5 Å². The minimum absolute atomic E-state index is 0.0745. The average Bonchev–Trinajstić information content (AvgIpc) is 3.23. The highest BCUT2D eigenvalue weighted by Gasteiger charge is 2.26. The molecule has 3 aromatic rings. The fourth-order valence-electron chi connectivity index (χ4n) is 3.69. The first-order valence-electron chi connectivity index (χ1n) is 11.6. The normalized spacial score (nSPS) is 11.5. The molecule has 0 aliphatic rings. The van der Waals surface area contributed by atoms with E-state index in [0.29, 0.717) is 22.9 Å². The highest BCUT2D eigenvalue weighted by atomic mass is 32.2. The van der Waals surface area contributed by atoms with Crippen molar-refractivity contribution < 1.29 is 27.1 Å². The van der Waals surface area contributed by atoms with Gasteiger partial charge in [0, 0.05) is 25.5 Å². The zero-order chi connectivity index (χ0) is 27.2. The van der Waals surface area contributed by atoms with Crippen molar-refractivity contribution in [3.05, 3.63) is 81.1 Å². The fourth-order valence-corrected chi connectivity index (χ4v) is 5.39. The van der Waals surface area contributed by atoms with Crippen molar-refractivity contribution in [2.24, 2.45) is 0 Å². The topological polar surface area (TPSA) is 96.9 Å². The molecule has 0 bridgehead atoms. The standard InChI is InChI=1S/C26H30FN3O5S2/c1-18-25(22(31)17-37(33,34)29(2)3)28-24(36-18)16-30(14-8-11-19-9-6-5-7-10-19)26(32)21-15-20(27)12-13-23(21)35-4/h5-7,9-10,12-13,15H,8,11,14,16-17H2,1-4H3. The third-order valence-electron chi connectivity index (χ3n) is 5.72. The number of amides is 1. The lowest BCUT2D eigenvalue weighted by Crippen LogP contribution is -2.32. The van der Waals surface area contributed by atoms with E-state index in [1.807, 2.05) is 30.3 Å². The lowest BCUT2D eigenvalue weighted by atomic mass is 10.1. The monoisotopic (exact) mass is 547 g/mol. The molecule has 2 aromatic carbocycles. The molecule has 0 fully saturated rings. The Kier molecular flexibility index (Phi) is 9.52. The van der Waals surface area contributed by atoms with E-state index < -0.39 is 33.3 Å². The van der Waals surface area contributed by atoms with E-state index >= 15 is 0 Å². The van der Waals surface area contributed by atoms with Crippen LogP contribution >= 0.6 is 11.3 Å². The molecule has 0 N–H and O–H groups in total. The zero-order valence-electron chi connectivity index (χ0n) is 21.2. The van der Waals surface area contributed by atoms with Gasteiger partial charge in [-0.05, 0) is 43.5 Å². The summed E-state index contributed by atoms with van der Waals surface area (Å²) in [5, 5.41) is 0.478. The molecule has 0 radical (unpaired) electrons. The van der Waals surface area contributed by atoms with Crippen LogP contribution in [0.25, 0.3) is 0 Å². The summed E-state index contributed by atoms with van der Waals surface area (Å²) in [5.74, 6) is -2.04. The van der Waals surface area contributed by atoms with Crippen molar-refractivity contribution in [2.45, 2.75) is 26.3 Å². The summed E-state index contributed by atoms with van der Waals surface area (Å²) in [6.07, 6.45) is 1.37. The van der Waals surface area contributed by atoms with Crippen LogP contribution in [-0.4, -0.2) is 67.8 Å². The van der Waals surface area contributed by atoms with E-state index in [2.05, 4.69) is 4.98 Å². The van der Waals surface area contributed by atoms with Gasteiger partial charge in [-0.2, -0.15) is 0 Å². The Bertz CT molecular complexity index is 1360. The van der Waals surface area contributed by atoms with Gasteiger partial charge in [0.25, 0.3) is 5.91 Å². The predicted molar refractivity (Wildman–Crippen MR) is 141 cm³/mol. The Morgan fingerprint density at radius 1 is 1.11 bits per heavy atom. The molecule has 3 rings (SSSR count). The van der Waals surface area contributed by atoms with Crippen LogP contribution in [0, 0.1) is 12.7 Å². The van der Waals surface area contributed by atoms with E-state index in [1.54, 1.807) is 11.8 Å². The van der Waals surface area contributed by atoms with Gasteiger partial charge in [-0.15, -0.1) is 11.3 Å². The highest BCUT2D eigenvalue weighted by molar-refractivity contribution is 7.89. The Hall–Kier alpha value is -3.15. The quantitative estimate of drug-likeness (QED) is 0.319. The largest absolute Gasteiger partial charge is 0.496 e. The third kappa shape index (κ3) is 7.43. The van der Waals surface area contributed by atoms with Gasteiger partial charge in [-0.25, -0.2) is 22.1 Å². The summed E-state index contributed by atoms with van der Waals surface area (Å²) in [5.41, 5.74) is 1.28. The molecule has 1 amide bonds. The number of thiazole rings is 1. The third-order valence-corrected chi connectivity index (χ3v) is 8.41. The highest BCUT2D eigenvalue weighted by Crippen LogP contribution is 2.25. The molecule has 0 aliphatic heterocycles. The lowest BCUT2D eigenvalue weighted by molar-refractivity contribution is 0.0737. The lowest BCUT2D eigenvalue weighted by Gasteiger charge is -2.23. The molecule has 0 saturated carbocycles. The smallest absolute Gasteiger partial charge is 0.258 e. The summed E-state index contributed by atoms with van der Waals surface area (Å²) in [4.78, 5) is 32.7. The number of aryl methyl sites for hydroxylation is 2. The number of ketones is 1. The second kappa shape index (κ2) is 12.4. The van der Waals surface area contributed by atoms with E-state index in [1.165, 1.54) is 44.7 Å². The first kappa shape index (κ1) is 28.4. The van der Waals surface area contributed by atoms with E-state index in [-0.39, 0.29) is 23.6 Å². The van der Waals surface area contributed by atoms with Crippen LogP contribution in [0.2, 0.25) is 0 Å². The molecule has 0 saturated heterocycles. The number of halogens is 1. The van der Waals surface area contributed by atoms with Gasteiger partial charge in [0.05, 0.1) is 19.2 Å². The molecule has 1 aromatic heterocycles. The molecule has 11 heteroatoms. The van der Waals surface area contributed by atoms with E-state index in [4.69, 9.17) is 4.74 Å². The van der Waals surface area contributed by atoms with Crippen molar-refractivity contribution in [3.8, 4) is 5.75 Å². The number of nitrogens with zero attached hydrogens (tertiary/aromatic N) is 3. The molecule has 0 spiro atoms. The van der Waals surface area contributed by atoms with Gasteiger partial charge < -0.3 is 9.64 Å². The van der Waals surface area contributed by atoms with Crippen molar-refractivity contribution in [2.75, 3.05) is 33.5 Å². The van der Waals surface area contributed by atoms with Crippen LogP contribution in [0.3, 0.4) is 0 Å². The number of aromatic nitrogens is 1. The minimum atomic E-state index is -3.74. The Labute approximate surface area is 220 Å². The number of carbonyl (C=O) groups excluding carboxylic acids is 2. The van der Waals surface area contributed by atoms with Crippen molar-refractivity contribution in [1.29, 1.82) is 0 Å². The van der Waals surface area contributed by atoms with Crippen LogP contribution < -0.4 is 4.74 Å². The van der Waals surface area contributed by atoms with Crippen molar-refractivity contribution >= 4 is 33.1 Å². The number of carbonyl (C=O) groups is 2. The molecule has 8 nitrogen and oxygen atoms in total. The van der Waals surface area contributed by atoms with Gasteiger partial charge in [-0.1, -0.05) is 30.3 Å². The SMILES string of the molecule is COc1ccc(F)cc1C(=O)N(CCCc1ccccc1)Cc1nc(C(=O)CS(=O)(=O)N(C)C)c(C)s1. The van der Waals surface area contributed by atoms with Gasteiger partial charge in [0.15, 0.2) is 5.78 Å². The summed E-state index contributed by atoms with van der Waals surface area (Å²) in [7, 11) is 0.394. The Morgan fingerprint density at radius 2 is 1.81 bits per heavy atom. The second-order valence-electron chi connectivity index (χ2n) is 8.63. The van der Waals surface area contributed by atoms with Crippen LogP contribution in [0.4, 0.5) is 4.39 Å². The number of rotatable bonds is 12. The molecule has 198 valence electrons. The molecular weight excluding hydrogens is 517 g/mol. The van der Waals surface area contributed by atoms with Crippen LogP contribution in [0.1, 0.15) is 42.7 Å². The maximum Gasteiger partial charge on any atom is 0.258 e. The van der Waals surface area contributed by atoms with Gasteiger partial charge in [-0.3, -0.25) is 9.59 Å². The van der Waals surface area contributed by atoms with Gasteiger partial charge in [0.2, 0.25) is 10.0 Å². The summed E-state index contributed by atoms with van der Waals surface area (Å²) < 4.78 is 44.6. The molecular formula is C26H30FN3O5S2. The van der Waals surface area contributed by atoms with Crippen molar-refractivity contribution in [3.63, 3.8) is 0 Å². The number of Topliss-reactive ketones (excluding diaryl/α,β-unsaturated/α-hetero) is 1. The average molecular weight is 548 g/mol. The van der Waals surface area contributed by atoms with Gasteiger partial charge >= 0.3 is 0 Å². The second-order valence-corrected chi connectivity index (χ2v) is 12.1. The summed E-state index contributed by atoms with van der Waals surface area (Å²) >= 11 is 1.22. The van der Waals surface area contributed by atoms with Crippen LogP contribution in [-0.2, 0) is 23.0 Å². The molecule has 0 atom stereocenters. The Morgan fingerprint density at radius 3 is 2.46 bits per heavy atom. The van der Waals surface area contributed by atoms with Crippen molar-refractivity contribution in [1.82, 2.24) is 14.2 Å². The number of sulfonamides is 1. The maximum absolute atomic E-state index is 14.0. The summed E-state index contributed by atoms with van der Waals surface area (Å²) in [6, 6.07) is 13.6.